The van der Waals surface area contributed by atoms with E-state index in [1.54, 1.807) is 6.92 Å². The van der Waals surface area contributed by atoms with Crippen molar-refractivity contribution in [1.82, 2.24) is 14.9 Å². The van der Waals surface area contributed by atoms with Gasteiger partial charge in [-0.05, 0) is 73.7 Å². The Kier molecular flexibility index (Phi) is 6.60. The van der Waals surface area contributed by atoms with Gasteiger partial charge in [-0.2, -0.15) is 18.3 Å². The molecular formula is C32H24F5N3O. The number of fused-ring (bicyclic) bond motifs is 2. The van der Waals surface area contributed by atoms with Crippen molar-refractivity contribution in [1.29, 1.82) is 0 Å². The van der Waals surface area contributed by atoms with Gasteiger partial charge in [0.05, 0.1) is 39.6 Å². The van der Waals surface area contributed by atoms with Crippen molar-refractivity contribution in [3.05, 3.63) is 118 Å². The molecule has 5 aromatic rings. The lowest BCUT2D eigenvalue weighted by molar-refractivity contribution is -0.137. The van der Waals surface area contributed by atoms with E-state index >= 15 is 0 Å². The van der Waals surface area contributed by atoms with Crippen LogP contribution in [0.4, 0.5) is 22.0 Å². The number of hydrogen-bond donors (Lipinski definition) is 1. The summed E-state index contributed by atoms with van der Waals surface area (Å²) in [5.74, 6) is -2.10. The molecule has 9 heteroatoms. The van der Waals surface area contributed by atoms with Gasteiger partial charge in [-0.1, -0.05) is 42.5 Å². The van der Waals surface area contributed by atoms with Crippen molar-refractivity contribution in [2.24, 2.45) is 0 Å². The molecule has 2 heterocycles. The molecule has 0 saturated heterocycles. The molecule has 0 fully saturated rings. The van der Waals surface area contributed by atoms with E-state index in [2.05, 4.69) is 10.4 Å². The predicted octanol–water partition coefficient (Wildman–Crippen LogP) is 8.08. The summed E-state index contributed by atoms with van der Waals surface area (Å²) in [7, 11) is 0. The first kappa shape index (κ1) is 26.7. The van der Waals surface area contributed by atoms with Crippen molar-refractivity contribution in [3.63, 3.8) is 0 Å². The molecule has 0 unspecified atom stereocenters. The fourth-order valence-electron chi connectivity index (χ4n) is 5.71. The molecule has 4 nitrogen and oxygen atoms in total. The Morgan fingerprint density at radius 2 is 1.66 bits per heavy atom. The number of carbonyl (C=O) groups excluding carboxylic acids is 1. The quantitative estimate of drug-likeness (QED) is 0.226. The normalized spacial score (nSPS) is 15.1. The van der Waals surface area contributed by atoms with Crippen molar-refractivity contribution in [3.8, 4) is 22.4 Å². The van der Waals surface area contributed by atoms with Crippen molar-refractivity contribution < 1.29 is 26.7 Å². The Morgan fingerprint density at radius 3 is 2.41 bits per heavy atom. The van der Waals surface area contributed by atoms with Gasteiger partial charge in [0.2, 0.25) is 0 Å². The number of nitrogens with one attached hydrogen (secondary N) is 1. The molecule has 1 aliphatic rings. The van der Waals surface area contributed by atoms with Crippen LogP contribution in [-0.4, -0.2) is 15.5 Å². The summed E-state index contributed by atoms with van der Waals surface area (Å²) in [6, 6.07) is 18.6. The first-order chi connectivity index (χ1) is 19.6. The van der Waals surface area contributed by atoms with Crippen LogP contribution in [-0.2, 0) is 12.6 Å². The average molecular weight is 562 g/mol. The number of aromatic nitrogens is 2. The minimum atomic E-state index is -4.63. The lowest BCUT2D eigenvalue weighted by Crippen LogP contribution is -2.31. The lowest BCUT2D eigenvalue weighted by Gasteiger charge is -2.26. The first-order valence-corrected chi connectivity index (χ1v) is 13.2. The third-order valence-electron chi connectivity index (χ3n) is 7.57. The Bertz CT molecular complexity index is 1790. The standard InChI is InChI=1S/C32H24F5N3O/c1-18-28(29-24(33)12-6-13-25(29)34)27-16-15-23(31(41)38-26-14-5-8-19-7-2-3-11-22(19)26)30(40(27)39-18)20-9-4-10-21(17-20)32(35,36)37/h2-4,6-7,9-13,15-17,26H,5,8,14H2,1H3,(H,38,41)/t26-/m0/s1. The molecule has 0 radical (unpaired) electrons. The average Bonchev–Trinajstić information content (AvgIpc) is 3.27. The van der Waals surface area contributed by atoms with Gasteiger partial charge in [-0.3, -0.25) is 4.79 Å². The van der Waals surface area contributed by atoms with E-state index in [-0.39, 0.29) is 45.2 Å². The van der Waals surface area contributed by atoms with E-state index in [1.807, 2.05) is 24.3 Å². The van der Waals surface area contributed by atoms with Crippen LogP contribution in [0, 0.1) is 18.6 Å². The monoisotopic (exact) mass is 561 g/mol. The number of pyridine rings is 1. The molecule has 0 spiro atoms. The molecule has 1 N–H and O–H groups in total. The van der Waals surface area contributed by atoms with Crippen LogP contribution < -0.4 is 5.32 Å². The van der Waals surface area contributed by atoms with E-state index < -0.39 is 29.3 Å². The molecule has 0 aliphatic heterocycles. The smallest absolute Gasteiger partial charge is 0.345 e. The number of aryl methyl sites for hydroxylation is 2. The lowest BCUT2D eigenvalue weighted by atomic mass is 9.87. The van der Waals surface area contributed by atoms with Crippen LogP contribution in [0.5, 0.6) is 0 Å². The van der Waals surface area contributed by atoms with E-state index in [1.165, 1.54) is 34.8 Å². The molecule has 2 aromatic heterocycles. The van der Waals surface area contributed by atoms with E-state index in [0.29, 0.717) is 6.42 Å². The summed E-state index contributed by atoms with van der Waals surface area (Å²) in [5.41, 5.74) is 1.85. The van der Waals surface area contributed by atoms with Crippen LogP contribution in [0.3, 0.4) is 0 Å². The first-order valence-electron chi connectivity index (χ1n) is 13.2. The molecule has 0 bridgehead atoms. The fraction of sp³-hybridized carbons (Fsp3) is 0.188. The minimum Gasteiger partial charge on any atom is -0.345 e. The number of benzene rings is 3. The van der Waals surface area contributed by atoms with Crippen LogP contribution >= 0.6 is 0 Å². The summed E-state index contributed by atoms with van der Waals surface area (Å²) < 4.78 is 72.1. The Labute approximate surface area is 232 Å². The van der Waals surface area contributed by atoms with Gasteiger partial charge < -0.3 is 5.32 Å². The summed E-state index contributed by atoms with van der Waals surface area (Å²) in [4.78, 5) is 13.8. The molecule has 3 aromatic carbocycles. The number of rotatable bonds is 4. The maximum atomic E-state index is 14.9. The van der Waals surface area contributed by atoms with Crippen molar-refractivity contribution in [2.75, 3.05) is 0 Å². The zero-order valence-electron chi connectivity index (χ0n) is 21.9. The molecule has 1 atom stereocenters. The third-order valence-corrected chi connectivity index (χ3v) is 7.57. The SMILES string of the molecule is Cc1nn2c(-c3cccc(C(F)(F)F)c3)c(C(=O)N[C@H]3CCCc4ccccc43)ccc2c1-c1c(F)cccc1F. The zero-order valence-corrected chi connectivity index (χ0v) is 21.9. The van der Waals surface area contributed by atoms with E-state index in [4.69, 9.17) is 0 Å². The second kappa shape index (κ2) is 10.1. The highest BCUT2D eigenvalue weighted by Crippen LogP contribution is 2.38. The number of hydrogen-bond acceptors (Lipinski definition) is 2. The summed E-state index contributed by atoms with van der Waals surface area (Å²) >= 11 is 0. The van der Waals surface area contributed by atoms with Gasteiger partial charge in [0.25, 0.3) is 5.91 Å². The van der Waals surface area contributed by atoms with E-state index in [9.17, 15) is 26.7 Å². The molecule has 0 saturated carbocycles. The third kappa shape index (κ3) is 4.75. The summed E-state index contributed by atoms with van der Waals surface area (Å²) in [6.07, 6.45) is -2.15. The topological polar surface area (TPSA) is 46.4 Å². The molecule has 1 amide bonds. The van der Waals surface area contributed by atoms with Crippen molar-refractivity contribution >= 4 is 11.4 Å². The number of amides is 1. The van der Waals surface area contributed by atoms with Gasteiger partial charge in [-0.25, -0.2) is 13.3 Å². The second-order valence-corrected chi connectivity index (χ2v) is 10.1. The highest BCUT2D eigenvalue weighted by Gasteiger charge is 2.32. The number of alkyl halides is 3. The number of carbonyl (C=O) groups is 1. The van der Waals surface area contributed by atoms with Crippen LogP contribution in [0.15, 0.2) is 78.9 Å². The summed E-state index contributed by atoms with van der Waals surface area (Å²) in [6.45, 7) is 1.56. The molecule has 208 valence electrons. The minimum absolute atomic E-state index is 0.0845. The van der Waals surface area contributed by atoms with Crippen LogP contribution in [0.1, 0.15) is 51.6 Å². The van der Waals surface area contributed by atoms with Gasteiger partial charge in [0.1, 0.15) is 11.6 Å². The van der Waals surface area contributed by atoms with Gasteiger partial charge >= 0.3 is 6.18 Å². The van der Waals surface area contributed by atoms with Gasteiger partial charge in [0.15, 0.2) is 0 Å². The second-order valence-electron chi connectivity index (χ2n) is 10.1. The molecule has 41 heavy (non-hydrogen) atoms. The van der Waals surface area contributed by atoms with Crippen molar-refractivity contribution in [2.45, 2.75) is 38.4 Å². The van der Waals surface area contributed by atoms with Crippen LogP contribution in [0.2, 0.25) is 0 Å². The molecule has 6 rings (SSSR count). The van der Waals surface area contributed by atoms with E-state index in [0.717, 1.165) is 48.2 Å². The predicted molar refractivity (Wildman–Crippen MR) is 145 cm³/mol. The highest BCUT2D eigenvalue weighted by atomic mass is 19.4. The Balaban J connectivity index is 1.55. The molecule has 1 aliphatic carbocycles. The molecular weight excluding hydrogens is 537 g/mol. The van der Waals surface area contributed by atoms with Gasteiger partial charge in [0, 0.05) is 11.1 Å². The fourth-order valence-corrected chi connectivity index (χ4v) is 5.71. The largest absolute Gasteiger partial charge is 0.416 e. The highest BCUT2D eigenvalue weighted by molar-refractivity contribution is 6.02. The maximum Gasteiger partial charge on any atom is 0.416 e. The number of halogens is 5. The number of nitrogens with zero attached hydrogens (tertiary/aromatic N) is 2. The zero-order chi connectivity index (χ0) is 28.9. The van der Waals surface area contributed by atoms with Gasteiger partial charge in [-0.15, -0.1) is 0 Å². The maximum absolute atomic E-state index is 14.9. The Hall–Kier alpha value is -4.53. The Morgan fingerprint density at radius 1 is 0.927 bits per heavy atom. The van der Waals surface area contributed by atoms with Crippen LogP contribution in [0.25, 0.3) is 27.9 Å². The summed E-state index contributed by atoms with van der Waals surface area (Å²) in [5, 5.41) is 7.55.